The summed E-state index contributed by atoms with van der Waals surface area (Å²) in [5.41, 5.74) is 1.01. The first-order valence-corrected chi connectivity index (χ1v) is 6.69. The van der Waals surface area contributed by atoms with Gasteiger partial charge in [-0.1, -0.05) is 6.07 Å². The van der Waals surface area contributed by atoms with Gasteiger partial charge in [0, 0.05) is 32.0 Å². The van der Waals surface area contributed by atoms with E-state index in [9.17, 15) is 4.79 Å². The number of nitrogens with zero attached hydrogens (tertiary/aromatic N) is 2. The maximum atomic E-state index is 12.6. The van der Waals surface area contributed by atoms with Crippen molar-refractivity contribution in [2.45, 2.75) is 25.8 Å². The van der Waals surface area contributed by atoms with Gasteiger partial charge in [0.25, 0.3) is 0 Å². The molecule has 2 saturated heterocycles. The lowest BCUT2D eigenvalue weighted by Gasteiger charge is -2.39. The average Bonchev–Trinajstić information content (AvgIpc) is 2.86. The van der Waals surface area contributed by atoms with E-state index in [0.717, 1.165) is 44.5 Å². The molecule has 0 bridgehead atoms. The van der Waals surface area contributed by atoms with E-state index in [-0.39, 0.29) is 5.41 Å². The minimum atomic E-state index is -0.111. The van der Waals surface area contributed by atoms with E-state index in [1.165, 1.54) is 0 Å². The van der Waals surface area contributed by atoms with E-state index in [1.807, 2.05) is 23.2 Å². The Kier molecular flexibility index (Phi) is 3.04. The van der Waals surface area contributed by atoms with Crippen LogP contribution in [0, 0.1) is 5.41 Å². The van der Waals surface area contributed by atoms with Gasteiger partial charge in [0.05, 0.1) is 5.41 Å². The molecular weight excluding hydrogens is 226 g/mol. The van der Waals surface area contributed by atoms with Gasteiger partial charge in [-0.25, -0.2) is 0 Å². The summed E-state index contributed by atoms with van der Waals surface area (Å²) in [7, 11) is 0. The zero-order valence-electron chi connectivity index (χ0n) is 10.6. The molecule has 0 radical (unpaired) electrons. The summed E-state index contributed by atoms with van der Waals surface area (Å²) in [6, 6.07) is 3.96. The first-order chi connectivity index (χ1) is 8.80. The molecule has 1 aromatic heterocycles. The predicted molar refractivity (Wildman–Crippen MR) is 68.8 cm³/mol. The summed E-state index contributed by atoms with van der Waals surface area (Å²) in [4.78, 5) is 18.7. The van der Waals surface area contributed by atoms with Crippen molar-refractivity contribution in [1.29, 1.82) is 0 Å². The molecule has 1 amide bonds. The Balaban J connectivity index is 1.75. The van der Waals surface area contributed by atoms with Crippen LogP contribution in [0.1, 0.15) is 24.8 Å². The maximum Gasteiger partial charge on any atom is 0.230 e. The van der Waals surface area contributed by atoms with E-state index in [2.05, 4.69) is 10.3 Å². The Morgan fingerprint density at radius 3 is 3.11 bits per heavy atom. The number of piperidine rings is 1. The molecule has 2 fully saturated rings. The summed E-state index contributed by atoms with van der Waals surface area (Å²) in [5, 5.41) is 3.34. The molecule has 3 rings (SSSR count). The minimum Gasteiger partial charge on any atom is -0.338 e. The molecule has 2 aliphatic heterocycles. The van der Waals surface area contributed by atoms with Crippen LogP contribution in [0.3, 0.4) is 0 Å². The van der Waals surface area contributed by atoms with Gasteiger partial charge in [-0.2, -0.15) is 0 Å². The standard InChI is InChI=1S/C14H19N3O/c18-13-14(5-7-16-11-14)4-2-8-17(13)10-12-3-1-6-15-9-12/h1,3,6,9,16H,2,4-5,7-8,10-11H2. The third kappa shape index (κ3) is 2.01. The number of hydrogen-bond acceptors (Lipinski definition) is 3. The quantitative estimate of drug-likeness (QED) is 0.851. The van der Waals surface area contributed by atoms with Crippen molar-refractivity contribution in [3.8, 4) is 0 Å². The zero-order valence-corrected chi connectivity index (χ0v) is 10.6. The van der Waals surface area contributed by atoms with Crippen LogP contribution >= 0.6 is 0 Å². The van der Waals surface area contributed by atoms with Gasteiger partial charge < -0.3 is 10.2 Å². The largest absolute Gasteiger partial charge is 0.338 e. The summed E-state index contributed by atoms with van der Waals surface area (Å²) in [6.07, 6.45) is 6.77. The van der Waals surface area contributed by atoms with Crippen LogP contribution in [0.15, 0.2) is 24.5 Å². The molecule has 1 aromatic rings. The first-order valence-electron chi connectivity index (χ1n) is 6.69. The summed E-state index contributed by atoms with van der Waals surface area (Å²) < 4.78 is 0. The zero-order chi connectivity index (χ0) is 12.4. The Morgan fingerprint density at radius 2 is 2.39 bits per heavy atom. The van der Waals surface area contributed by atoms with Crippen LogP contribution < -0.4 is 5.32 Å². The van der Waals surface area contributed by atoms with Gasteiger partial charge in [-0.05, 0) is 37.4 Å². The van der Waals surface area contributed by atoms with Gasteiger partial charge in [-0.3, -0.25) is 9.78 Å². The number of rotatable bonds is 2. The Morgan fingerprint density at radius 1 is 1.44 bits per heavy atom. The van der Waals surface area contributed by atoms with Gasteiger partial charge in [-0.15, -0.1) is 0 Å². The molecule has 1 atom stereocenters. The number of likely N-dealkylation sites (tertiary alicyclic amines) is 1. The summed E-state index contributed by atoms with van der Waals surface area (Å²) in [6.45, 7) is 3.42. The van der Waals surface area contributed by atoms with Crippen molar-refractivity contribution in [1.82, 2.24) is 15.2 Å². The number of carbonyl (C=O) groups excluding carboxylic acids is 1. The molecule has 1 unspecified atom stereocenters. The lowest BCUT2D eigenvalue weighted by Crippen LogP contribution is -2.49. The van der Waals surface area contributed by atoms with Crippen molar-refractivity contribution in [3.05, 3.63) is 30.1 Å². The number of aromatic nitrogens is 1. The molecule has 3 heterocycles. The molecule has 96 valence electrons. The van der Waals surface area contributed by atoms with E-state index >= 15 is 0 Å². The smallest absolute Gasteiger partial charge is 0.230 e. The van der Waals surface area contributed by atoms with Crippen LogP contribution in [0.5, 0.6) is 0 Å². The fourth-order valence-electron chi connectivity index (χ4n) is 3.15. The van der Waals surface area contributed by atoms with Crippen molar-refractivity contribution in [2.75, 3.05) is 19.6 Å². The van der Waals surface area contributed by atoms with Crippen molar-refractivity contribution in [3.63, 3.8) is 0 Å². The highest BCUT2D eigenvalue weighted by Crippen LogP contribution is 2.37. The molecule has 18 heavy (non-hydrogen) atoms. The first kappa shape index (κ1) is 11.7. The molecule has 1 N–H and O–H groups in total. The summed E-state index contributed by atoms with van der Waals surface area (Å²) >= 11 is 0. The third-order valence-electron chi connectivity index (χ3n) is 4.16. The van der Waals surface area contributed by atoms with Crippen LogP contribution in [-0.2, 0) is 11.3 Å². The van der Waals surface area contributed by atoms with Crippen molar-refractivity contribution >= 4 is 5.91 Å². The predicted octanol–water partition coefficient (Wildman–Crippen LogP) is 1.18. The van der Waals surface area contributed by atoms with E-state index in [1.54, 1.807) is 6.20 Å². The monoisotopic (exact) mass is 245 g/mol. The normalized spacial score (nSPS) is 28.0. The molecule has 0 aromatic carbocycles. The maximum absolute atomic E-state index is 12.6. The SMILES string of the molecule is O=C1N(Cc2cccnc2)CCCC12CCNC2. The molecule has 2 aliphatic rings. The average molecular weight is 245 g/mol. The van der Waals surface area contributed by atoms with Gasteiger partial charge in [0.15, 0.2) is 0 Å². The number of hydrogen-bond donors (Lipinski definition) is 1. The van der Waals surface area contributed by atoms with Gasteiger partial charge >= 0.3 is 0 Å². The van der Waals surface area contributed by atoms with Crippen LogP contribution in [-0.4, -0.2) is 35.4 Å². The second-order valence-corrected chi connectivity index (χ2v) is 5.40. The number of pyridine rings is 1. The highest BCUT2D eigenvalue weighted by Gasteiger charge is 2.45. The molecule has 4 heteroatoms. The van der Waals surface area contributed by atoms with Crippen LogP contribution in [0.4, 0.5) is 0 Å². The molecule has 1 spiro atoms. The lowest BCUT2D eigenvalue weighted by molar-refractivity contribution is -0.145. The number of nitrogens with one attached hydrogen (secondary N) is 1. The Hall–Kier alpha value is -1.42. The molecule has 4 nitrogen and oxygen atoms in total. The molecule has 0 saturated carbocycles. The summed E-state index contributed by atoms with van der Waals surface area (Å²) in [5.74, 6) is 0.336. The minimum absolute atomic E-state index is 0.111. The second kappa shape index (κ2) is 4.69. The second-order valence-electron chi connectivity index (χ2n) is 5.40. The fraction of sp³-hybridized carbons (Fsp3) is 0.571. The van der Waals surface area contributed by atoms with E-state index < -0.39 is 0 Å². The number of amides is 1. The molecule has 0 aliphatic carbocycles. The van der Waals surface area contributed by atoms with Gasteiger partial charge in [0.1, 0.15) is 0 Å². The van der Waals surface area contributed by atoms with E-state index in [4.69, 9.17) is 0 Å². The van der Waals surface area contributed by atoms with Gasteiger partial charge in [0.2, 0.25) is 5.91 Å². The van der Waals surface area contributed by atoms with E-state index in [0.29, 0.717) is 12.5 Å². The molecular formula is C14H19N3O. The topological polar surface area (TPSA) is 45.2 Å². The van der Waals surface area contributed by atoms with Crippen LogP contribution in [0.2, 0.25) is 0 Å². The Bertz CT molecular complexity index is 426. The van der Waals surface area contributed by atoms with Crippen molar-refractivity contribution in [2.24, 2.45) is 5.41 Å². The third-order valence-corrected chi connectivity index (χ3v) is 4.16. The highest BCUT2D eigenvalue weighted by atomic mass is 16.2. The van der Waals surface area contributed by atoms with Crippen molar-refractivity contribution < 1.29 is 4.79 Å². The number of carbonyl (C=O) groups is 1. The highest BCUT2D eigenvalue weighted by molar-refractivity contribution is 5.84. The fourth-order valence-corrected chi connectivity index (χ4v) is 3.15. The Labute approximate surface area is 107 Å². The van der Waals surface area contributed by atoms with Crippen LogP contribution in [0.25, 0.3) is 0 Å². The lowest BCUT2D eigenvalue weighted by atomic mass is 9.78.